The Kier molecular flexibility index (Phi) is 5.56. The summed E-state index contributed by atoms with van der Waals surface area (Å²) in [5.41, 5.74) is 1.16. The van der Waals surface area contributed by atoms with E-state index in [-0.39, 0.29) is 29.7 Å². The van der Waals surface area contributed by atoms with Gasteiger partial charge in [-0.05, 0) is 43.2 Å². The molecule has 4 amide bonds. The molecule has 11 heteroatoms. The number of hydrogen-bond donors (Lipinski definition) is 2. The maximum Gasteiger partial charge on any atom is 0.573 e. The van der Waals surface area contributed by atoms with Crippen molar-refractivity contribution < 1.29 is 37.1 Å². The Hall–Kier alpha value is -3.89. The van der Waals surface area contributed by atoms with Gasteiger partial charge in [0.05, 0.1) is 11.1 Å². The molecule has 0 bridgehead atoms. The predicted molar refractivity (Wildman–Crippen MR) is 108 cm³/mol. The smallest absolute Gasteiger partial charge is 0.406 e. The number of imide groups is 2. The second kappa shape index (κ2) is 8.23. The van der Waals surface area contributed by atoms with Crippen LogP contribution in [0.1, 0.15) is 52.1 Å². The van der Waals surface area contributed by atoms with E-state index in [1.54, 1.807) is 19.1 Å². The van der Waals surface area contributed by atoms with Crippen LogP contribution < -0.4 is 15.4 Å². The Labute approximate surface area is 185 Å². The van der Waals surface area contributed by atoms with Crippen molar-refractivity contribution in [3.8, 4) is 5.75 Å². The van der Waals surface area contributed by atoms with Gasteiger partial charge >= 0.3 is 6.36 Å². The number of carbonyl (C=O) groups excluding carboxylic acids is 4. The van der Waals surface area contributed by atoms with E-state index in [1.807, 2.05) is 0 Å². The van der Waals surface area contributed by atoms with E-state index in [0.29, 0.717) is 11.3 Å². The highest BCUT2D eigenvalue weighted by molar-refractivity contribution is 6.25. The number of fused-ring (bicyclic) bond motifs is 1. The molecule has 2 N–H and O–H groups in total. The highest BCUT2D eigenvalue weighted by Crippen LogP contribution is 2.34. The molecule has 2 aliphatic rings. The van der Waals surface area contributed by atoms with Crippen LogP contribution in [0.25, 0.3) is 0 Å². The summed E-state index contributed by atoms with van der Waals surface area (Å²) < 4.78 is 40.9. The molecule has 0 spiro atoms. The second-order valence-electron chi connectivity index (χ2n) is 7.66. The van der Waals surface area contributed by atoms with Gasteiger partial charge in [-0.3, -0.25) is 29.4 Å². The third kappa shape index (κ3) is 4.38. The summed E-state index contributed by atoms with van der Waals surface area (Å²) in [6.45, 7) is 1.73. The summed E-state index contributed by atoms with van der Waals surface area (Å²) in [6.07, 6.45) is -4.74. The van der Waals surface area contributed by atoms with E-state index in [4.69, 9.17) is 0 Å². The van der Waals surface area contributed by atoms with Crippen molar-refractivity contribution in [2.75, 3.05) is 5.32 Å². The maximum atomic E-state index is 13.1. The first-order chi connectivity index (χ1) is 15.5. The van der Waals surface area contributed by atoms with E-state index in [9.17, 15) is 32.3 Å². The van der Waals surface area contributed by atoms with Crippen molar-refractivity contribution in [2.24, 2.45) is 0 Å². The summed E-state index contributed by atoms with van der Waals surface area (Å²) in [5, 5.41) is 5.24. The number of anilines is 1. The van der Waals surface area contributed by atoms with Crippen LogP contribution in [0.4, 0.5) is 18.9 Å². The number of nitrogens with zero attached hydrogens (tertiary/aromatic N) is 1. The van der Waals surface area contributed by atoms with Crippen molar-refractivity contribution in [1.29, 1.82) is 0 Å². The lowest BCUT2D eigenvalue weighted by Crippen LogP contribution is -2.54. The van der Waals surface area contributed by atoms with Crippen LogP contribution in [0.5, 0.6) is 5.75 Å². The van der Waals surface area contributed by atoms with Crippen LogP contribution in [0.2, 0.25) is 0 Å². The normalized spacial score (nSPS) is 19.3. The number of alkyl halides is 3. The van der Waals surface area contributed by atoms with Crippen LogP contribution in [0, 0.1) is 0 Å². The first-order valence-corrected chi connectivity index (χ1v) is 10.0. The van der Waals surface area contributed by atoms with Crippen LogP contribution in [-0.4, -0.2) is 40.9 Å². The number of piperidine rings is 1. The van der Waals surface area contributed by atoms with E-state index in [2.05, 4.69) is 15.4 Å². The Morgan fingerprint density at radius 2 is 1.76 bits per heavy atom. The molecule has 1 unspecified atom stereocenters. The fourth-order valence-corrected chi connectivity index (χ4v) is 3.91. The lowest BCUT2D eigenvalue weighted by Gasteiger charge is -2.28. The molecule has 0 aliphatic carbocycles. The zero-order valence-corrected chi connectivity index (χ0v) is 17.2. The third-order valence-electron chi connectivity index (χ3n) is 5.45. The van der Waals surface area contributed by atoms with Crippen molar-refractivity contribution in [1.82, 2.24) is 10.2 Å². The minimum atomic E-state index is -4.79. The molecule has 0 saturated carbocycles. The van der Waals surface area contributed by atoms with Gasteiger partial charge in [-0.2, -0.15) is 0 Å². The molecule has 172 valence electrons. The van der Waals surface area contributed by atoms with Crippen molar-refractivity contribution in [2.45, 2.75) is 38.2 Å². The minimum absolute atomic E-state index is 0.0139. The molecule has 0 aromatic heterocycles. The largest absolute Gasteiger partial charge is 0.573 e. The second-order valence-corrected chi connectivity index (χ2v) is 7.66. The number of amides is 4. The van der Waals surface area contributed by atoms with Crippen LogP contribution in [0.3, 0.4) is 0 Å². The molecule has 2 aliphatic heterocycles. The van der Waals surface area contributed by atoms with Gasteiger partial charge in [0.25, 0.3) is 11.8 Å². The fraction of sp³-hybridized carbons (Fsp3) is 0.273. The number of ether oxygens (including phenoxy) is 1. The topological polar surface area (TPSA) is 105 Å². The minimum Gasteiger partial charge on any atom is -0.406 e. The lowest BCUT2D eigenvalue weighted by atomic mass is 10.0. The Bertz CT molecular complexity index is 1150. The molecular weight excluding hydrogens is 443 g/mol. The molecule has 8 nitrogen and oxygen atoms in total. The van der Waals surface area contributed by atoms with Gasteiger partial charge in [0.1, 0.15) is 11.8 Å². The number of hydrogen-bond acceptors (Lipinski definition) is 6. The van der Waals surface area contributed by atoms with Gasteiger partial charge < -0.3 is 10.1 Å². The first-order valence-electron chi connectivity index (χ1n) is 10.0. The Morgan fingerprint density at radius 1 is 1.06 bits per heavy atom. The van der Waals surface area contributed by atoms with Gasteiger partial charge in [-0.25, -0.2) is 0 Å². The summed E-state index contributed by atoms with van der Waals surface area (Å²) in [6, 6.07) is 8.37. The number of halogens is 3. The van der Waals surface area contributed by atoms with E-state index in [1.165, 1.54) is 30.3 Å². The van der Waals surface area contributed by atoms with Crippen molar-refractivity contribution in [3.05, 3.63) is 59.2 Å². The average Bonchev–Trinajstić information content (AvgIpc) is 2.99. The predicted octanol–water partition coefficient (Wildman–Crippen LogP) is 3.16. The number of benzene rings is 2. The van der Waals surface area contributed by atoms with E-state index in [0.717, 1.165) is 4.90 Å². The summed E-state index contributed by atoms with van der Waals surface area (Å²) in [7, 11) is 0. The van der Waals surface area contributed by atoms with Crippen LogP contribution >= 0.6 is 0 Å². The molecule has 1 saturated heterocycles. The number of nitrogens with one attached hydrogen (secondary N) is 2. The van der Waals surface area contributed by atoms with Gasteiger partial charge in [-0.15, -0.1) is 13.2 Å². The van der Waals surface area contributed by atoms with Gasteiger partial charge in [0, 0.05) is 18.2 Å². The van der Waals surface area contributed by atoms with Gasteiger partial charge in [-0.1, -0.05) is 18.2 Å². The molecule has 0 radical (unpaired) electrons. The summed E-state index contributed by atoms with van der Waals surface area (Å²) in [4.78, 5) is 50.5. The van der Waals surface area contributed by atoms with Crippen LogP contribution in [0.15, 0.2) is 42.5 Å². The number of carbonyl (C=O) groups is 4. The summed E-state index contributed by atoms with van der Waals surface area (Å²) >= 11 is 0. The van der Waals surface area contributed by atoms with E-state index < -0.39 is 42.1 Å². The molecule has 33 heavy (non-hydrogen) atoms. The quantitative estimate of drug-likeness (QED) is 0.663. The molecular formula is C22H18F3N3O5. The molecule has 2 heterocycles. The summed E-state index contributed by atoms with van der Waals surface area (Å²) in [5.74, 6) is -2.82. The highest BCUT2D eigenvalue weighted by atomic mass is 19.4. The van der Waals surface area contributed by atoms with Crippen LogP contribution in [-0.2, 0) is 9.59 Å². The SMILES string of the molecule is C[C@@H](Nc1cccc2c1C(=O)N(C1CCC(=O)NC1=O)C2=O)c1ccc(OC(F)(F)F)cc1. The van der Waals surface area contributed by atoms with E-state index >= 15 is 0 Å². The number of rotatable bonds is 5. The van der Waals surface area contributed by atoms with Crippen molar-refractivity contribution >= 4 is 29.3 Å². The zero-order valence-electron chi connectivity index (χ0n) is 17.2. The highest BCUT2D eigenvalue weighted by Gasteiger charge is 2.45. The Balaban J connectivity index is 1.55. The molecule has 1 fully saturated rings. The maximum absolute atomic E-state index is 13.1. The van der Waals surface area contributed by atoms with Gasteiger partial charge in [0.2, 0.25) is 11.8 Å². The standard InChI is InChI=1S/C22H18F3N3O5/c1-11(12-5-7-13(8-6-12)33-22(23,24)25)26-15-4-2-3-14-18(15)21(32)28(20(14)31)16-9-10-17(29)27-19(16)30/h2-8,11,16,26H,9-10H2,1H3,(H,27,29,30)/t11-,16?/m1/s1. The first kappa shape index (κ1) is 22.3. The fourth-order valence-electron chi connectivity index (χ4n) is 3.91. The zero-order chi connectivity index (χ0) is 23.9. The van der Waals surface area contributed by atoms with Gasteiger partial charge in [0.15, 0.2) is 0 Å². The van der Waals surface area contributed by atoms with Crippen molar-refractivity contribution in [3.63, 3.8) is 0 Å². The molecule has 2 aromatic rings. The monoisotopic (exact) mass is 461 g/mol. The molecule has 2 atom stereocenters. The molecule has 4 rings (SSSR count). The molecule has 2 aromatic carbocycles. The third-order valence-corrected chi connectivity index (χ3v) is 5.45. The average molecular weight is 461 g/mol. The Morgan fingerprint density at radius 3 is 2.39 bits per heavy atom. The lowest BCUT2D eigenvalue weighted by molar-refractivity contribution is -0.274.